The molecular formula is C24H26N4OS. The van der Waals surface area contributed by atoms with Crippen molar-refractivity contribution in [3.8, 4) is 5.69 Å². The quantitative estimate of drug-likeness (QED) is 0.625. The molecule has 1 aromatic carbocycles. The van der Waals surface area contributed by atoms with Gasteiger partial charge >= 0.3 is 0 Å². The van der Waals surface area contributed by atoms with Crippen molar-refractivity contribution in [2.24, 2.45) is 0 Å². The average Bonchev–Trinajstić information content (AvgIpc) is 3.51. The molecule has 6 heteroatoms. The predicted molar refractivity (Wildman–Crippen MR) is 122 cm³/mol. The van der Waals surface area contributed by atoms with Crippen LogP contribution in [0.2, 0.25) is 0 Å². The maximum absolute atomic E-state index is 5.95. The van der Waals surface area contributed by atoms with Gasteiger partial charge in [0.05, 0.1) is 23.9 Å². The summed E-state index contributed by atoms with van der Waals surface area (Å²) < 4.78 is 8.21. The molecule has 2 saturated heterocycles. The van der Waals surface area contributed by atoms with Crippen LogP contribution < -0.4 is 5.32 Å². The minimum atomic E-state index is -0.0146. The molecule has 2 aliphatic heterocycles. The van der Waals surface area contributed by atoms with Crippen molar-refractivity contribution < 1.29 is 4.74 Å². The second kappa shape index (κ2) is 8.20. The van der Waals surface area contributed by atoms with Gasteiger partial charge in [-0.05, 0) is 68.4 Å². The lowest BCUT2D eigenvalue weighted by atomic mass is 10.0. The van der Waals surface area contributed by atoms with Crippen molar-refractivity contribution >= 4 is 17.3 Å². The first-order valence-electron chi connectivity index (χ1n) is 10.5. The highest BCUT2D eigenvalue weighted by Crippen LogP contribution is 2.40. The lowest BCUT2D eigenvalue weighted by Gasteiger charge is -2.30. The van der Waals surface area contributed by atoms with Crippen LogP contribution in [0.5, 0.6) is 0 Å². The third-order valence-electron chi connectivity index (χ3n) is 6.02. The zero-order chi connectivity index (χ0) is 20.5. The van der Waals surface area contributed by atoms with Gasteiger partial charge in [0.25, 0.3) is 0 Å². The monoisotopic (exact) mass is 418 g/mol. The summed E-state index contributed by atoms with van der Waals surface area (Å²) in [5.74, 6) is 0. The summed E-state index contributed by atoms with van der Waals surface area (Å²) in [7, 11) is 0. The van der Waals surface area contributed by atoms with Gasteiger partial charge in [0.1, 0.15) is 0 Å². The van der Waals surface area contributed by atoms with E-state index >= 15 is 0 Å². The lowest BCUT2D eigenvalue weighted by molar-refractivity contribution is 0.0836. The first-order chi connectivity index (χ1) is 14.7. The van der Waals surface area contributed by atoms with Gasteiger partial charge < -0.3 is 19.5 Å². The second-order valence-electron chi connectivity index (χ2n) is 8.05. The van der Waals surface area contributed by atoms with E-state index in [2.05, 4.69) is 75.4 Å². The van der Waals surface area contributed by atoms with E-state index in [4.69, 9.17) is 17.0 Å². The molecule has 2 fully saturated rings. The summed E-state index contributed by atoms with van der Waals surface area (Å²) in [6.45, 7) is 3.74. The first kappa shape index (κ1) is 19.3. The van der Waals surface area contributed by atoms with Crippen LogP contribution in [0, 0.1) is 6.92 Å². The topological polar surface area (TPSA) is 42.3 Å². The molecular weight excluding hydrogens is 392 g/mol. The Balaban J connectivity index is 1.56. The van der Waals surface area contributed by atoms with Crippen LogP contribution in [-0.2, 0) is 4.74 Å². The molecule has 154 valence electrons. The zero-order valence-electron chi connectivity index (χ0n) is 17.1. The van der Waals surface area contributed by atoms with Crippen LogP contribution in [0.25, 0.3) is 5.69 Å². The van der Waals surface area contributed by atoms with Gasteiger partial charge in [0, 0.05) is 36.9 Å². The Morgan fingerprint density at radius 2 is 2.00 bits per heavy atom. The predicted octanol–water partition coefficient (Wildman–Crippen LogP) is 4.33. The van der Waals surface area contributed by atoms with Gasteiger partial charge in [-0.2, -0.15) is 0 Å². The van der Waals surface area contributed by atoms with Crippen molar-refractivity contribution in [3.05, 3.63) is 83.9 Å². The number of ether oxygens (including phenoxy) is 1. The molecule has 0 radical (unpaired) electrons. The van der Waals surface area contributed by atoms with Crippen LogP contribution in [0.4, 0.5) is 0 Å². The van der Waals surface area contributed by atoms with Gasteiger partial charge in [-0.25, -0.2) is 0 Å². The summed E-state index contributed by atoms with van der Waals surface area (Å²) in [5, 5.41) is 4.31. The van der Waals surface area contributed by atoms with Crippen molar-refractivity contribution in [2.45, 2.75) is 38.0 Å². The Morgan fingerprint density at radius 1 is 1.13 bits per heavy atom. The number of rotatable bonds is 5. The maximum Gasteiger partial charge on any atom is 0.170 e. The summed E-state index contributed by atoms with van der Waals surface area (Å²) in [6, 6.07) is 19.0. The molecule has 4 heterocycles. The zero-order valence-corrected chi connectivity index (χ0v) is 17.9. The third kappa shape index (κ3) is 3.61. The molecule has 0 amide bonds. The normalized spacial score (nSPS) is 23.7. The van der Waals surface area contributed by atoms with Crippen molar-refractivity contribution in [1.29, 1.82) is 0 Å². The molecule has 5 rings (SSSR count). The Bertz CT molecular complexity index is 1010. The molecule has 0 bridgehead atoms. The Labute approximate surface area is 182 Å². The number of hydrogen-bond acceptors (Lipinski definition) is 3. The van der Waals surface area contributed by atoms with Gasteiger partial charge in [-0.15, -0.1) is 0 Å². The molecule has 5 nitrogen and oxygen atoms in total. The molecule has 0 spiro atoms. The maximum atomic E-state index is 5.95. The largest absolute Gasteiger partial charge is 0.376 e. The number of aromatic nitrogens is 2. The van der Waals surface area contributed by atoms with E-state index in [1.54, 1.807) is 0 Å². The fourth-order valence-electron chi connectivity index (χ4n) is 4.51. The highest BCUT2D eigenvalue weighted by Gasteiger charge is 2.42. The van der Waals surface area contributed by atoms with Crippen LogP contribution >= 0.6 is 12.2 Å². The van der Waals surface area contributed by atoms with Gasteiger partial charge in [-0.3, -0.25) is 4.98 Å². The van der Waals surface area contributed by atoms with Crippen LogP contribution in [0.1, 0.15) is 41.9 Å². The minimum Gasteiger partial charge on any atom is -0.376 e. The lowest BCUT2D eigenvalue weighted by Crippen LogP contribution is -2.36. The van der Waals surface area contributed by atoms with Crippen LogP contribution in [-0.4, -0.2) is 38.8 Å². The highest BCUT2D eigenvalue weighted by molar-refractivity contribution is 7.80. The van der Waals surface area contributed by atoms with Crippen molar-refractivity contribution in [3.63, 3.8) is 0 Å². The van der Waals surface area contributed by atoms with Crippen LogP contribution in [0.3, 0.4) is 0 Å². The molecule has 0 aliphatic carbocycles. The molecule has 0 saturated carbocycles. The van der Waals surface area contributed by atoms with Gasteiger partial charge in [0.2, 0.25) is 0 Å². The van der Waals surface area contributed by atoms with E-state index in [-0.39, 0.29) is 18.2 Å². The first-order valence-corrected chi connectivity index (χ1v) is 11.0. The molecule has 2 aromatic heterocycles. The number of benzene rings is 1. The molecule has 2 aliphatic rings. The van der Waals surface area contributed by atoms with E-state index in [1.165, 1.54) is 11.3 Å². The SMILES string of the molecule is Cc1ccc(-n2cccc2[C@H]2[C@H](c3ccccn3)NC(=S)N2C[C@@H]2CCCO2)cc1. The number of nitrogens with one attached hydrogen (secondary N) is 1. The van der Waals surface area contributed by atoms with E-state index in [1.807, 2.05) is 18.3 Å². The minimum absolute atomic E-state index is 0.0146. The fourth-order valence-corrected chi connectivity index (χ4v) is 4.82. The summed E-state index contributed by atoms with van der Waals surface area (Å²) in [6.07, 6.45) is 6.39. The number of pyridine rings is 1. The van der Waals surface area contributed by atoms with E-state index in [0.29, 0.717) is 0 Å². The molecule has 0 unspecified atom stereocenters. The smallest absolute Gasteiger partial charge is 0.170 e. The van der Waals surface area contributed by atoms with Crippen molar-refractivity contribution in [1.82, 2.24) is 19.8 Å². The summed E-state index contributed by atoms with van der Waals surface area (Å²) in [5.41, 5.74) is 4.59. The van der Waals surface area contributed by atoms with E-state index in [9.17, 15) is 0 Å². The van der Waals surface area contributed by atoms with E-state index < -0.39 is 0 Å². The molecule has 30 heavy (non-hydrogen) atoms. The fraction of sp³-hybridized carbons (Fsp3) is 0.333. The summed E-state index contributed by atoms with van der Waals surface area (Å²) >= 11 is 5.80. The molecule has 1 N–H and O–H groups in total. The van der Waals surface area contributed by atoms with Crippen molar-refractivity contribution in [2.75, 3.05) is 13.2 Å². The van der Waals surface area contributed by atoms with Crippen LogP contribution in [0.15, 0.2) is 67.0 Å². The number of thiocarbonyl (C=S) groups is 1. The number of hydrogen-bond donors (Lipinski definition) is 1. The Morgan fingerprint density at radius 3 is 2.73 bits per heavy atom. The number of nitrogens with zero attached hydrogens (tertiary/aromatic N) is 3. The third-order valence-corrected chi connectivity index (χ3v) is 6.37. The average molecular weight is 419 g/mol. The Kier molecular flexibility index (Phi) is 5.27. The second-order valence-corrected chi connectivity index (χ2v) is 8.44. The molecule has 3 atom stereocenters. The van der Waals surface area contributed by atoms with E-state index in [0.717, 1.165) is 42.5 Å². The molecule has 3 aromatic rings. The van der Waals surface area contributed by atoms with Gasteiger partial charge in [0.15, 0.2) is 5.11 Å². The van der Waals surface area contributed by atoms with Gasteiger partial charge in [-0.1, -0.05) is 23.8 Å². The number of aryl methyl sites for hydroxylation is 1. The standard InChI is InChI=1S/C24H26N4OS/c1-17-9-11-18(12-10-17)27-14-4-8-21(27)23-22(20-7-2-3-13-25-20)26-24(30)28(23)16-19-6-5-15-29-19/h2-4,7-14,19,22-23H,5-6,15-16H2,1H3,(H,26,30)/t19-,22-,23-/m0/s1. The highest BCUT2D eigenvalue weighted by atomic mass is 32.1. The summed E-state index contributed by atoms with van der Waals surface area (Å²) in [4.78, 5) is 6.94. The Hall–Kier alpha value is -2.70.